The number of pyridine rings is 1. The minimum absolute atomic E-state index is 0.443. The number of amides is 1. The second-order valence-corrected chi connectivity index (χ2v) is 5.51. The molecule has 0 atom stereocenters. The van der Waals surface area contributed by atoms with Crippen LogP contribution in [-0.4, -0.2) is 10.9 Å². The molecular formula is C12H10BrN3OS. The van der Waals surface area contributed by atoms with Crippen LogP contribution in [0, 0.1) is 0 Å². The maximum Gasteiger partial charge on any atom is 0.249 e. The van der Waals surface area contributed by atoms with E-state index in [1.807, 2.05) is 12.1 Å². The minimum Gasteiger partial charge on any atom is -0.399 e. The first-order valence-corrected chi connectivity index (χ1v) is 6.66. The number of nitrogens with zero attached hydrogens (tertiary/aromatic N) is 1. The molecule has 1 heterocycles. The van der Waals surface area contributed by atoms with Crippen LogP contribution in [0.1, 0.15) is 10.4 Å². The second-order valence-electron chi connectivity index (χ2n) is 3.54. The van der Waals surface area contributed by atoms with E-state index in [9.17, 15) is 4.79 Å². The van der Waals surface area contributed by atoms with Gasteiger partial charge in [-0.05, 0) is 46.3 Å². The van der Waals surface area contributed by atoms with E-state index in [2.05, 4.69) is 20.9 Å². The predicted octanol–water partition coefficient (Wildman–Crippen LogP) is 2.68. The first kappa shape index (κ1) is 12.9. The second kappa shape index (κ2) is 5.41. The highest BCUT2D eigenvalue weighted by molar-refractivity contribution is 9.10. The summed E-state index contributed by atoms with van der Waals surface area (Å²) in [6.45, 7) is 0. The summed E-state index contributed by atoms with van der Waals surface area (Å²) >= 11 is 4.67. The number of carbonyl (C=O) groups is 1. The number of aromatic nitrogens is 1. The molecule has 18 heavy (non-hydrogen) atoms. The summed E-state index contributed by atoms with van der Waals surface area (Å²) in [6, 6.07) is 8.72. The van der Waals surface area contributed by atoms with Crippen LogP contribution < -0.4 is 11.5 Å². The van der Waals surface area contributed by atoms with Gasteiger partial charge in [0.15, 0.2) is 0 Å². The van der Waals surface area contributed by atoms with Crippen molar-refractivity contribution < 1.29 is 4.79 Å². The third-order valence-corrected chi connectivity index (χ3v) is 3.66. The van der Waals surface area contributed by atoms with Crippen LogP contribution in [0.15, 0.2) is 50.9 Å². The van der Waals surface area contributed by atoms with Gasteiger partial charge in [0.2, 0.25) is 5.91 Å². The fourth-order valence-electron chi connectivity index (χ4n) is 1.36. The zero-order valence-corrected chi connectivity index (χ0v) is 11.7. The number of rotatable bonds is 3. The molecule has 0 saturated heterocycles. The number of nitrogens with two attached hydrogens (primary N) is 2. The Kier molecular flexibility index (Phi) is 3.88. The molecule has 0 bridgehead atoms. The molecule has 6 heteroatoms. The summed E-state index contributed by atoms with van der Waals surface area (Å²) in [4.78, 5) is 16.3. The third kappa shape index (κ3) is 3.02. The van der Waals surface area contributed by atoms with Crippen LogP contribution in [0.4, 0.5) is 5.69 Å². The molecule has 0 radical (unpaired) electrons. The molecule has 0 aliphatic heterocycles. The van der Waals surface area contributed by atoms with E-state index in [0.29, 0.717) is 16.1 Å². The molecule has 0 unspecified atom stereocenters. The average molecular weight is 324 g/mol. The summed E-state index contributed by atoms with van der Waals surface area (Å²) in [7, 11) is 0. The van der Waals surface area contributed by atoms with Crippen molar-refractivity contribution in [2.45, 2.75) is 9.92 Å². The normalized spacial score (nSPS) is 10.3. The maximum atomic E-state index is 11.3. The van der Waals surface area contributed by atoms with Crippen LogP contribution >= 0.6 is 27.7 Å². The van der Waals surface area contributed by atoms with Gasteiger partial charge < -0.3 is 11.5 Å². The topological polar surface area (TPSA) is 82.0 Å². The number of hydrogen-bond acceptors (Lipinski definition) is 4. The van der Waals surface area contributed by atoms with Gasteiger partial charge in [-0.15, -0.1) is 0 Å². The third-order valence-electron chi connectivity index (χ3n) is 2.19. The van der Waals surface area contributed by atoms with Crippen LogP contribution in [0.25, 0.3) is 0 Å². The Labute approximate surface area is 117 Å². The van der Waals surface area contributed by atoms with Crippen LogP contribution in [-0.2, 0) is 0 Å². The van der Waals surface area contributed by atoms with E-state index in [1.54, 1.807) is 24.4 Å². The molecule has 0 fully saturated rings. The van der Waals surface area contributed by atoms with Crippen molar-refractivity contribution >= 4 is 39.3 Å². The fraction of sp³-hybridized carbons (Fsp3) is 0. The number of anilines is 1. The van der Waals surface area contributed by atoms with E-state index >= 15 is 0 Å². The van der Waals surface area contributed by atoms with Crippen molar-refractivity contribution in [3.05, 3.63) is 46.6 Å². The number of hydrogen-bond donors (Lipinski definition) is 2. The molecule has 4 N–H and O–H groups in total. The summed E-state index contributed by atoms with van der Waals surface area (Å²) in [5, 5.41) is 0.770. The van der Waals surface area contributed by atoms with Gasteiger partial charge in [0.25, 0.3) is 0 Å². The SMILES string of the molecule is NC(=O)c1ccc(N)cc1Sc1ccc(Br)cn1. The highest BCUT2D eigenvalue weighted by atomic mass is 79.9. The smallest absolute Gasteiger partial charge is 0.249 e. The predicted molar refractivity (Wildman–Crippen MR) is 75.4 cm³/mol. The van der Waals surface area contributed by atoms with E-state index in [-0.39, 0.29) is 0 Å². The molecule has 0 saturated carbocycles. The number of halogens is 1. The zero-order chi connectivity index (χ0) is 13.1. The number of carbonyl (C=O) groups excluding carboxylic acids is 1. The van der Waals surface area contributed by atoms with Gasteiger partial charge in [0.05, 0.1) is 5.56 Å². The lowest BCUT2D eigenvalue weighted by Crippen LogP contribution is -2.12. The molecule has 4 nitrogen and oxygen atoms in total. The van der Waals surface area contributed by atoms with Gasteiger partial charge in [0, 0.05) is 21.3 Å². The van der Waals surface area contributed by atoms with Crippen molar-refractivity contribution in [1.82, 2.24) is 4.98 Å². The van der Waals surface area contributed by atoms with Gasteiger partial charge in [-0.1, -0.05) is 11.8 Å². The summed E-state index contributed by atoms with van der Waals surface area (Å²) in [5.74, 6) is -0.477. The molecule has 2 aromatic rings. The van der Waals surface area contributed by atoms with Crippen LogP contribution in [0.2, 0.25) is 0 Å². The van der Waals surface area contributed by atoms with E-state index < -0.39 is 5.91 Å². The standard InChI is InChI=1S/C12H10BrN3OS/c13-7-1-4-11(16-6-7)18-10-5-8(14)2-3-9(10)12(15)17/h1-6H,14H2,(H2,15,17). The van der Waals surface area contributed by atoms with Crippen molar-refractivity contribution in [3.8, 4) is 0 Å². The maximum absolute atomic E-state index is 11.3. The first-order valence-electron chi connectivity index (χ1n) is 5.05. The first-order chi connectivity index (χ1) is 8.56. The lowest BCUT2D eigenvalue weighted by molar-refractivity contribution is 0.0997. The summed E-state index contributed by atoms with van der Waals surface area (Å²) in [5.41, 5.74) is 12.1. The molecular weight excluding hydrogens is 314 g/mol. The summed E-state index contributed by atoms with van der Waals surface area (Å²) in [6.07, 6.45) is 1.69. The molecule has 0 aliphatic carbocycles. The van der Waals surface area contributed by atoms with Gasteiger partial charge in [-0.3, -0.25) is 4.79 Å². The Morgan fingerprint density at radius 3 is 2.67 bits per heavy atom. The number of nitrogen functional groups attached to an aromatic ring is 1. The minimum atomic E-state index is -0.477. The van der Waals surface area contributed by atoms with E-state index in [1.165, 1.54) is 11.8 Å². The molecule has 92 valence electrons. The summed E-state index contributed by atoms with van der Waals surface area (Å²) < 4.78 is 0.898. The zero-order valence-electron chi connectivity index (χ0n) is 9.26. The Bertz CT molecular complexity index is 586. The number of primary amides is 1. The Hall–Kier alpha value is -1.53. The van der Waals surface area contributed by atoms with Gasteiger partial charge in [-0.2, -0.15) is 0 Å². The quantitative estimate of drug-likeness (QED) is 0.851. The molecule has 1 aromatic carbocycles. The molecule has 2 rings (SSSR count). The Balaban J connectivity index is 2.35. The Morgan fingerprint density at radius 1 is 1.28 bits per heavy atom. The number of benzene rings is 1. The highest BCUT2D eigenvalue weighted by Crippen LogP contribution is 2.31. The van der Waals surface area contributed by atoms with Gasteiger partial charge in [0.1, 0.15) is 5.03 Å². The van der Waals surface area contributed by atoms with Gasteiger partial charge in [-0.25, -0.2) is 4.98 Å². The van der Waals surface area contributed by atoms with Crippen molar-refractivity contribution in [3.63, 3.8) is 0 Å². The van der Waals surface area contributed by atoms with Crippen LogP contribution in [0.3, 0.4) is 0 Å². The molecule has 1 aromatic heterocycles. The average Bonchev–Trinajstić information content (AvgIpc) is 2.32. The van der Waals surface area contributed by atoms with Crippen molar-refractivity contribution in [2.75, 3.05) is 5.73 Å². The lowest BCUT2D eigenvalue weighted by Gasteiger charge is -2.07. The van der Waals surface area contributed by atoms with Crippen molar-refractivity contribution in [1.29, 1.82) is 0 Å². The van der Waals surface area contributed by atoms with E-state index in [0.717, 1.165) is 9.50 Å². The molecule has 0 spiro atoms. The lowest BCUT2D eigenvalue weighted by atomic mass is 10.2. The van der Waals surface area contributed by atoms with Crippen LogP contribution in [0.5, 0.6) is 0 Å². The Morgan fingerprint density at radius 2 is 2.06 bits per heavy atom. The molecule has 0 aliphatic rings. The fourth-order valence-corrected chi connectivity index (χ4v) is 2.54. The van der Waals surface area contributed by atoms with E-state index in [4.69, 9.17) is 11.5 Å². The largest absolute Gasteiger partial charge is 0.399 e. The highest BCUT2D eigenvalue weighted by Gasteiger charge is 2.10. The molecule has 1 amide bonds. The van der Waals surface area contributed by atoms with Gasteiger partial charge >= 0.3 is 0 Å². The van der Waals surface area contributed by atoms with Crippen molar-refractivity contribution in [2.24, 2.45) is 5.73 Å². The monoisotopic (exact) mass is 323 g/mol.